The van der Waals surface area contributed by atoms with Crippen LogP contribution >= 0.6 is 23.2 Å². The van der Waals surface area contributed by atoms with Gasteiger partial charge < -0.3 is 14.2 Å². The number of aliphatic hydroxyl groups excluding tert-OH is 1. The second kappa shape index (κ2) is 8.86. The van der Waals surface area contributed by atoms with Crippen molar-refractivity contribution in [2.75, 3.05) is 0 Å². The van der Waals surface area contributed by atoms with Gasteiger partial charge in [-0.2, -0.15) is 0 Å². The van der Waals surface area contributed by atoms with Crippen molar-refractivity contribution in [3.8, 4) is 5.69 Å². The van der Waals surface area contributed by atoms with E-state index in [9.17, 15) is 5.11 Å². The van der Waals surface area contributed by atoms with Crippen LogP contribution in [0.2, 0.25) is 10.0 Å². The molecule has 2 heterocycles. The van der Waals surface area contributed by atoms with Crippen molar-refractivity contribution in [1.82, 2.24) is 24.1 Å². The van der Waals surface area contributed by atoms with Crippen LogP contribution in [0.3, 0.4) is 0 Å². The fourth-order valence-corrected chi connectivity index (χ4v) is 4.18. The number of aromatic nitrogens is 5. The summed E-state index contributed by atoms with van der Waals surface area (Å²) in [6.45, 7) is 0.572. The molecule has 1 atom stereocenters. The van der Waals surface area contributed by atoms with Crippen LogP contribution in [-0.2, 0) is 13.1 Å². The Morgan fingerprint density at radius 3 is 2.30 bits per heavy atom. The number of para-hydroxylation sites is 3. The zero-order valence-electron chi connectivity index (χ0n) is 17.4. The van der Waals surface area contributed by atoms with E-state index in [2.05, 4.69) is 10.3 Å². The number of hydrogen-bond acceptors (Lipinski definition) is 4. The summed E-state index contributed by atoms with van der Waals surface area (Å²) >= 11 is 12.1. The van der Waals surface area contributed by atoms with Crippen LogP contribution in [0.15, 0.2) is 79.0 Å². The monoisotopic (exact) mass is 478 g/mol. The maximum atomic E-state index is 10.9. The number of halogens is 2. The van der Waals surface area contributed by atoms with Crippen molar-refractivity contribution in [3.63, 3.8) is 0 Å². The van der Waals surface area contributed by atoms with E-state index in [0.717, 1.165) is 22.4 Å². The first-order chi connectivity index (χ1) is 16.0. The van der Waals surface area contributed by atoms with Gasteiger partial charge in [-0.25, -0.2) is 4.68 Å². The van der Waals surface area contributed by atoms with E-state index in [4.69, 9.17) is 28.6 Å². The number of imidazole rings is 1. The SMILES string of the molecule is N=c1n(Cc2cn(-c3ccccc3)nn2)c2ccccc2n1C[C@H](O)c1ccc(Cl)c(Cl)c1. The molecule has 0 saturated heterocycles. The first-order valence-corrected chi connectivity index (χ1v) is 11.1. The molecule has 0 saturated carbocycles. The highest BCUT2D eigenvalue weighted by Gasteiger charge is 2.17. The number of benzene rings is 3. The van der Waals surface area contributed by atoms with E-state index in [1.54, 1.807) is 27.4 Å². The molecule has 9 heteroatoms. The summed E-state index contributed by atoms with van der Waals surface area (Å²) in [7, 11) is 0. The Morgan fingerprint density at radius 1 is 0.879 bits per heavy atom. The standard InChI is InChI=1S/C24H20Cl2N6O/c25-19-11-10-16(12-20(19)26)23(33)15-31-22-9-5-4-8-21(22)30(24(31)27)13-17-14-32(29-28-17)18-6-2-1-3-7-18/h1-12,14,23,27,33H,13,15H2/t23-/m0/s1. The number of aliphatic hydroxyl groups is 1. The molecule has 0 fully saturated rings. The van der Waals surface area contributed by atoms with Gasteiger partial charge in [-0.15, -0.1) is 5.10 Å². The van der Waals surface area contributed by atoms with Crippen molar-refractivity contribution in [1.29, 1.82) is 5.41 Å². The molecular weight excluding hydrogens is 459 g/mol. The van der Waals surface area contributed by atoms with Gasteiger partial charge in [0, 0.05) is 0 Å². The maximum Gasteiger partial charge on any atom is 0.203 e. The molecule has 5 aromatic rings. The van der Waals surface area contributed by atoms with Gasteiger partial charge in [0.25, 0.3) is 0 Å². The first-order valence-electron chi connectivity index (χ1n) is 10.3. The summed E-state index contributed by atoms with van der Waals surface area (Å²) in [6, 6.07) is 22.5. The number of nitrogens with zero attached hydrogens (tertiary/aromatic N) is 5. The highest BCUT2D eigenvalue weighted by Crippen LogP contribution is 2.27. The second-order valence-electron chi connectivity index (χ2n) is 7.69. The van der Waals surface area contributed by atoms with Crippen LogP contribution in [0, 0.1) is 5.41 Å². The molecule has 0 aliphatic carbocycles. The average molecular weight is 479 g/mol. The number of hydrogen-bond donors (Lipinski definition) is 2. The Hall–Kier alpha value is -3.39. The lowest BCUT2D eigenvalue weighted by atomic mass is 10.1. The Labute approximate surface area is 199 Å². The number of fused-ring (bicyclic) bond motifs is 1. The van der Waals surface area contributed by atoms with Crippen LogP contribution in [0.1, 0.15) is 17.4 Å². The van der Waals surface area contributed by atoms with E-state index >= 15 is 0 Å². The van der Waals surface area contributed by atoms with E-state index < -0.39 is 6.10 Å². The smallest absolute Gasteiger partial charge is 0.203 e. The second-order valence-corrected chi connectivity index (χ2v) is 8.50. The third kappa shape index (κ3) is 4.18. The highest BCUT2D eigenvalue weighted by atomic mass is 35.5. The summed E-state index contributed by atoms with van der Waals surface area (Å²) in [4.78, 5) is 0. The molecule has 2 N–H and O–H groups in total. The van der Waals surface area contributed by atoms with E-state index in [-0.39, 0.29) is 12.2 Å². The average Bonchev–Trinajstić information content (AvgIpc) is 3.41. The van der Waals surface area contributed by atoms with Gasteiger partial charge in [-0.3, -0.25) is 5.41 Å². The summed E-state index contributed by atoms with van der Waals surface area (Å²) in [6.07, 6.45) is 1.01. The lowest BCUT2D eigenvalue weighted by molar-refractivity contribution is 0.155. The lowest BCUT2D eigenvalue weighted by Gasteiger charge is -2.13. The Morgan fingerprint density at radius 2 is 1.58 bits per heavy atom. The molecule has 7 nitrogen and oxygen atoms in total. The maximum absolute atomic E-state index is 10.9. The third-order valence-corrected chi connectivity index (χ3v) is 6.28. The van der Waals surface area contributed by atoms with Crippen LogP contribution < -0.4 is 5.62 Å². The van der Waals surface area contributed by atoms with Crippen molar-refractivity contribution in [3.05, 3.63) is 106 Å². The van der Waals surface area contributed by atoms with Crippen molar-refractivity contribution in [2.24, 2.45) is 0 Å². The largest absolute Gasteiger partial charge is 0.387 e. The van der Waals surface area contributed by atoms with Crippen LogP contribution in [0.25, 0.3) is 16.7 Å². The third-order valence-electron chi connectivity index (χ3n) is 5.54. The molecule has 0 radical (unpaired) electrons. The predicted molar refractivity (Wildman–Crippen MR) is 128 cm³/mol. The minimum absolute atomic E-state index is 0.195. The minimum Gasteiger partial charge on any atom is -0.387 e. The highest BCUT2D eigenvalue weighted by molar-refractivity contribution is 6.42. The van der Waals surface area contributed by atoms with Gasteiger partial charge in [-0.05, 0) is 42.0 Å². The molecule has 0 unspecified atom stereocenters. The molecular formula is C24H20Cl2N6O. The van der Waals surface area contributed by atoms with Gasteiger partial charge in [0.1, 0.15) is 5.69 Å². The van der Waals surface area contributed by atoms with Gasteiger partial charge >= 0.3 is 0 Å². The van der Waals surface area contributed by atoms with Crippen molar-refractivity contribution >= 4 is 34.2 Å². The van der Waals surface area contributed by atoms with Crippen LogP contribution in [0.5, 0.6) is 0 Å². The Bertz CT molecular complexity index is 1490. The Balaban J connectivity index is 1.48. The molecule has 0 aliphatic heterocycles. The normalized spacial score (nSPS) is 12.3. The molecule has 2 aromatic heterocycles. The molecule has 0 amide bonds. The zero-order valence-corrected chi connectivity index (χ0v) is 18.9. The Kier molecular flexibility index (Phi) is 5.76. The molecule has 3 aromatic carbocycles. The van der Waals surface area contributed by atoms with Crippen molar-refractivity contribution in [2.45, 2.75) is 19.2 Å². The number of rotatable bonds is 6. The molecule has 166 valence electrons. The fraction of sp³-hybridized carbons (Fsp3) is 0.125. The molecule has 5 rings (SSSR count). The van der Waals surface area contributed by atoms with E-state index in [1.807, 2.05) is 65.4 Å². The summed E-state index contributed by atoms with van der Waals surface area (Å²) in [5.74, 6) is 0. The van der Waals surface area contributed by atoms with Gasteiger partial charge in [0.05, 0.1) is 52.2 Å². The van der Waals surface area contributed by atoms with Crippen LogP contribution in [0.4, 0.5) is 0 Å². The topological polar surface area (TPSA) is 84.7 Å². The molecule has 33 heavy (non-hydrogen) atoms. The lowest BCUT2D eigenvalue weighted by Crippen LogP contribution is -2.27. The summed E-state index contributed by atoms with van der Waals surface area (Å²) in [5, 5.41) is 29.0. The molecule has 0 aliphatic rings. The molecule has 0 spiro atoms. The quantitative estimate of drug-likeness (QED) is 0.374. The summed E-state index contributed by atoms with van der Waals surface area (Å²) in [5.41, 5.74) is 4.25. The van der Waals surface area contributed by atoms with Crippen LogP contribution in [-0.4, -0.2) is 29.2 Å². The van der Waals surface area contributed by atoms with Gasteiger partial charge in [0.15, 0.2) is 0 Å². The minimum atomic E-state index is -0.855. The fourth-order valence-electron chi connectivity index (χ4n) is 3.88. The van der Waals surface area contributed by atoms with Gasteiger partial charge in [0.2, 0.25) is 5.62 Å². The molecule has 0 bridgehead atoms. The number of nitrogens with one attached hydrogen (secondary N) is 1. The first kappa shape index (κ1) is 21.5. The predicted octanol–water partition coefficient (Wildman–Crippen LogP) is 4.59. The summed E-state index contributed by atoms with van der Waals surface area (Å²) < 4.78 is 5.35. The zero-order chi connectivity index (χ0) is 22.9. The van der Waals surface area contributed by atoms with E-state index in [0.29, 0.717) is 22.2 Å². The van der Waals surface area contributed by atoms with E-state index in [1.165, 1.54) is 0 Å². The van der Waals surface area contributed by atoms with Gasteiger partial charge in [-0.1, -0.05) is 64.8 Å². The van der Waals surface area contributed by atoms with Crippen molar-refractivity contribution < 1.29 is 5.11 Å².